The van der Waals surface area contributed by atoms with E-state index >= 15 is 0 Å². The maximum atomic E-state index is 13.8. The van der Waals surface area contributed by atoms with Crippen LogP contribution in [-0.2, 0) is 4.74 Å². The maximum Gasteiger partial charge on any atom is 0.414 e. The molecule has 0 saturated carbocycles. The smallest absolute Gasteiger partial charge is 0.414 e. The van der Waals surface area contributed by atoms with E-state index < -0.39 is 22.8 Å². The molecule has 1 aromatic rings. The fourth-order valence-electron chi connectivity index (χ4n) is 1.53. The Morgan fingerprint density at radius 1 is 1.42 bits per heavy atom. The number of carbonyl (C=O) groups is 1. The summed E-state index contributed by atoms with van der Waals surface area (Å²) in [6.07, 6.45) is 0.115. The number of hydrogen-bond acceptors (Lipinski definition) is 3. The van der Waals surface area contributed by atoms with Crippen LogP contribution in [0.15, 0.2) is 12.1 Å². The highest BCUT2D eigenvalue weighted by Crippen LogP contribution is 2.28. The number of unbranched alkanes of at least 4 members (excludes halogenated alkanes) is 1. The molecule has 0 aliphatic heterocycles. The SMILES string of the molecule is COC(=O)N(CCCCO)c1ccc(F)c(Cl)c1F. The summed E-state index contributed by atoms with van der Waals surface area (Å²) in [7, 11) is 1.16. The van der Waals surface area contributed by atoms with Gasteiger partial charge in [-0.3, -0.25) is 4.90 Å². The van der Waals surface area contributed by atoms with Gasteiger partial charge in [0.25, 0.3) is 0 Å². The number of nitrogens with zero attached hydrogens (tertiary/aromatic N) is 1. The molecule has 4 nitrogen and oxygen atoms in total. The Labute approximate surface area is 114 Å². The molecule has 0 aromatic heterocycles. The molecule has 0 spiro atoms. The zero-order valence-electron chi connectivity index (χ0n) is 10.3. The van der Waals surface area contributed by atoms with Gasteiger partial charge in [-0.25, -0.2) is 13.6 Å². The fraction of sp³-hybridized carbons (Fsp3) is 0.417. The standard InChI is InChI=1S/C12H14ClF2NO3/c1-19-12(18)16(6-2-3-7-17)9-5-4-8(14)10(13)11(9)15/h4-5,17H,2-3,6-7H2,1H3. The fourth-order valence-corrected chi connectivity index (χ4v) is 1.69. The molecule has 0 atom stereocenters. The van der Waals surface area contributed by atoms with E-state index in [0.29, 0.717) is 12.8 Å². The number of halogens is 3. The Hall–Kier alpha value is -1.40. The summed E-state index contributed by atoms with van der Waals surface area (Å²) in [5, 5.41) is 8.03. The Bertz CT molecular complexity index is 457. The van der Waals surface area contributed by atoms with Crippen molar-refractivity contribution in [1.82, 2.24) is 0 Å². The third-order valence-electron chi connectivity index (χ3n) is 2.49. The molecule has 1 aromatic carbocycles. The van der Waals surface area contributed by atoms with Crippen molar-refractivity contribution in [3.05, 3.63) is 28.8 Å². The number of methoxy groups -OCH3 is 1. The number of amides is 1. The summed E-state index contributed by atoms with van der Waals surface area (Å²) < 4.78 is 31.5. The van der Waals surface area contributed by atoms with Gasteiger partial charge in [-0.05, 0) is 25.0 Å². The highest BCUT2D eigenvalue weighted by atomic mass is 35.5. The van der Waals surface area contributed by atoms with Gasteiger partial charge >= 0.3 is 6.09 Å². The average Bonchev–Trinajstić information content (AvgIpc) is 2.41. The Morgan fingerprint density at radius 2 is 2.11 bits per heavy atom. The molecule has 0 fully saturated rings. The quantitative estimate of drug-likeness (QED) is 0.671. The summed E-state index contributed by atoms with van der Waals surface area (Å²) in [5.74, 6) is -1.92. The number of hydrogen-bond donors (Lipinski definition) is 1. The minimum absolute atomic E-state index is 0.0400. The number of ether oxygens (including phenoxy) is 1. The van der Waals surface area contributed by atoms with E-state index in [0.717, 1.165) is 24.1 Å². The molecule has 0 radical (unpaired) electrons. The Morgan fingerprint density at radius 3 is 2.68 bits per heavy atom. The number of rotatable bonds is 5. The van der Waals surface area contributed by atoms with Gasteiger partial charge in [0.05, 0.1) is 12.8 Å². The van der Waals surface area contributed by atoms with Crippen molar-refractivity contribution in [3.8, 4) is 0 Å². The summed E-state index contributed by atoms with van der Waals surface area (Å²) in [6.45, 7) is 0.0911. The second-order valence-corrected chi connectivity index (χ2v) is 4.12. The third kappa shape index (κ3) is 3.78. The van der Waals surface area contributed by atoms with Crippen LogP contribution in [-0.4, -0.2) is 31.5 Å². The summed E-state index contributed by atoms with van der Waals surface area (Å²) in [4.78, 5) is 12.6. The van der Waals surface area contributed by atoms with Crippen LogP contribution in [0.5, 0.6) is 0 Å². The van der Waals surface area contributed by atoms with Gasteiger partial charge < -0.3 is 9.84 Å². The monoisotopic (exact) mass is 293 g/mol. The Balaban J connectivity index is 3.03. The van der Waals surface area contributed by atoms with E-state index in [1.54, 1.807) is 0 Å². The van der Waals surface area contributed by atoms with E-state index in [9.17, 15) is 13.6 Å². The summed E-state index contributed by atoms with van der Waals surface area (Å²) >= 11 is 5.47. The first-order valence-corrected chi connectivity index (χ1v) is 6.00. The van der Waals surface area contributed by atoms with Gasteiger partial charge in [-0.15, -0.1) is 0 Å². The van der Waals surface area contributed by atoms with Crippen molar-refractivity contribution in [1.29, 1.82) is 0 Å². The third-order valence-corrected chi connectivity index (χ3v) is 2.84. The molecule has 0 saturated heterocycles. The van der Waals surface area contributed by atoms with Crippen LogP contribution in [0.4, 0.5) is 19.3 Å². The molecular weight excluding hydrogens is 280 g/mol. The van der Waals surface area contributed by atoms with Gasteiger partial charge in [-0.2, -0.15) is 0 Å². The highest BCUT2D eigenvalue weighted by molar-refractivity contribution is 6.31. The van der Waals surface area contributed by atoms with E-state index in [4.69, 9.17) is 16.7 Å². The molecule has 1 amide bonds. The van der Waals surface area contributed by atoms with Crippen molar-refractivity contribution in [2.24, 2.45) is 0 Å². The molecule has 7 heteroatoms. The topological polar surface area (TPSA) is 49.8 Å². The lowest BCUT2D eigenvalue weighted by Gasteiger charge is -2.22. The van der Waals surface area contributed by atoms with Crippen molar-refractivity contribution < 1.29 is 23.4 Å². The van der Waals surface area contributed by atoms with Gasteiger partial charge in [0.1, 0.15) is 10.8 Å². The largest absolute Gasteiger partial charge is 0.452 e. The van der Waals surface area contributed by atoms with Crippen LogP contribution in [0, 0.1) is 11.6 Å². The van der Waals surface area contributed by atoms with Gasteiger partial charge in [0, 0.05) is 13.2 Å². The number of aliphatic hydroxyl groups excluding tert-OH is 1. The number of anilines is 1. The first-order chi connectivity index (χ1) is 9.02. The van der Waals surface area contributed by atoms with Crippen LogP contribution in [0.1, 0.15) is 12.8 Å². The van der Waals surface area contributed by atoms with Gasteiger partial charge in [0.2, 0.25) is 0 Å². The number of benzene rings is 1. The van der Waals surface area contributed by atoms with Crippen molar-refractivity contribution in [2.75, 3.05) is 25.2 Å². The minimum Gasteiger partial charge on any atom is -0.452 e. The van der Waals surface area contributed by atoms with Crippen molar-refractivity contribution >= 4 is 23.4 Å². The van der Waals surface area contributed by atoms with E-state index in [1.807, 2.05) is 0 Å². The van der Waals surface area contributed by atoms with E-state index in [-0.39, 0.29) is 18.8 Å². The number of carbonyl (C=O) groups excluding carboxylic acids is 1. The zero-order chi connectivity index (χ0) is 14.4. The molecule has 106 valence electrons. The molecule has 0 bridgehead atoms. The maximum absolute atomic E-state index is 13.8. The second kappa shape index (κ2) is 7.25. The second-order valence-electron chi connectivity index (χ2n) is 3.75. The molecule has 0 aliphatic carbocycles. The van der Waals surface area contributed by atoms with E-state index in [1.165, 1.54) is 0 Å². The molecule has 0 unspecified atom stereocenters. The minimum atomic E-state index is -1.02. The predicted octanol–water partition coefficient (Wildman–Crippen LogP) is 2.96. The summed E-state index contributed by atoms with van der Waals surface area (Å²) in [5.41, 5.74) is -0.156. The summed E-state index contributed by atoms with van der Waals surface area (Å²) in [6, 6.07) is 2.09. The van der Waals surface area contributed by atoms with Gasteiger partial charge in [-0.1, -0.05) is 11.6 Å². The van der Waals surface area contributed by atoms with Crippen LogP contribution in [0.2, 0.25) is 5.02 Å². The lowest BCUT2D eigenvalue weighted by Crippen LogP contribution is -2.32. The van der Waals surface area contributed by atoms with Crippen LogP contribution in [0.3, 0.4) is 0 Å². The molecule has 1 N–H and O–H groups in total. The average molecular weight is 294 g/mol. The first kappa shape index (κ1) is 15.7. The van der Waals surface area contributed by atoms with Crippen LogP contribution >= 0.6 is 11.6 Å². The lowest BCUT2D eigenvalue weighted by molar-refractivity contribution is 0.178. The number of aliphatic hydroxyl groups is 1. The Kier molecular flexibility index (Phi) is 5.98. The molecule has 0 heterocycles. The first-order valence-electron chi connectivity index (χ1n) is 5.62. The molecule has 19 heavy (non-hydrogen) atoms. The predicted molar refractivity (Wildman–Crippen MR) is 67.4 cm³/mol. The van der Waals surface area contributed by atoms with Gasteiger partial charge in [0.15, 0.2) is 5.82 Å². The molecular formula is C12H14ClF2NO3. The van der Waals surface area contributed by atoms with Crippen molar-refractivity contribution in [2.45, 2.75) is 12.8 Å². The lowest BCUT2D eigenvalue weighted by atomic mass is 10.2. The van der Waals surface area contributed by atoms with Crippen molar-refractivity contribution in [3.63, 3.8) is 0 Å². The molecule has 1 rings (SSSR count). The zero-order valence-corrected chi connectivity index (χ0v) is 11.1. The van der Waals surface area contributed by atoms with Crippen LogP contribution in [0.25, 0.3) is 0 Å². The van der Waals surface area contributed by atoms with E-state index in [2.05, 4.69) is 4.74 Å². The highest BCUT2D eigenvalue weighted by Gasteiger charge is 2.22. The normalized spacial score (nSPS) is 10.4. The molecule has 0 aliphatic rings. The van der Waals surface area contributed by atoms with Crippen LogP contribution < -0.4 is 4.90 Å².